The fourth-order valence-electron chi connectivity index (χ4n) is 3.30. The third-order valence-electron chi connectivity index (χ3n) is 4.67. The number of nitrogens with two attached hydrogens (primary N) is 1. The number of rotatable bonds is 6. The van der Waals surface area contributed by atoms with Crippen molar-refractivity contribution in [1.82, 2.24) is 0 Å². The monoisotopic (exact) mass is 275 g/mol. The van der Waals surface area contributed by atoms with Crippen LogP contribution in [0.2, 0.25) is 0 Å². The molecule has 0 saturated heterocycles. The Morgan fingerprint density at radius 1 is 1.15 bits per heavy atom. The Hall–Kier alpha value is -1.02. The largest absolute Gasteiger partial charge is 0.496 e. The van der Waals surface area contributed by atoms with E-state index in [1.807, 2.05) is 0 Å². The molecule has 2 rings (SSSR count). The van der Waals surface area contributed by atoms with Crippen LogP contribution in [-0.4, -0.2) is 13.7 Å². The van der Waals surface area contributed by atoms with Gasteiger partial charge in [-0.1, -0.05) is 31.9 Å². The van der Waals surface area contributed by atoms with Crippen molar-refractivity contribution in [3.63, 3.8) is 0 Å². The van der Waals surface area contributed by atoms with Crippen LogP contribution in [-0.2, 0) is 6.42 Å². The lowest BCUT2D eigenvalue weighted by molar-refractivity contribution is 0.336. The Labute approximate surface area is 123 Å². The number of methoxy groups -OCH3 is 1. The van der Waals surface area contributed by atoms with Gasteiger partial charge < -0.3 is 10.5 Å². The van der Waals surface area contributed by atoms with Crippen LogP contribution in [0.3, 0.4) is 0 Å². The standard InChI is InChI=1S/C18H29NO/c1-14-6-9-16(10-7-14)17-13-15(5-3-4-12-19)8-11-18(17)20-2/h8,11,13-14,16H,3-7,9-10,12,19H2,1-2H3. The summed E-state index contributed by atoms with van der Waals surface area (Å²) >= 11 is 0. The van der Waals surface area contributed by atoms with Gasteiger partial charge in [-0.25, -0.2) is 0 Å². The first kappa shape index (κ1) is 15.4. The number of unbranched alkanes of at least 4 members (excludes halogenated alkanes) is 1. The summed E-state index contributed by atoms with van der Waals surface area (Å²) in [6.45, 7) is 3.17. The molecule has 0 aromatic heterocycles. The number of benzene rings is 1. The van der Waals surface area contributed by atoms with Gasteiger partial charge in [0.15, 0.2) is 0 Å². The number of hydrogen-bond acceptors (Lipinski definition) is 2. The van der Waals surface area contributed by atoms with Crippen molar-refractivity contribution in [2.45, 2.75) is 57.8 Å². The summed E-state index contributed by atoms with van der Waals surface area (Å²) in [5.74, 6) is 2.66. The van der Waals surface area contributed by atoms with Gasteiger partial charge in [0, 0.05) is 0 Å². The van der Waals surface area contributed by atoms with Crippen LogP contribution in [0.4, 0.5) is 0 Å². The molecule has 1 aromatic rings. The average molecular weight is 275 g/mol. The van der Waals surface area contributed by atoms with E-state index in [4.69, 9.17) is 10.5 Å². The van der Waals surface area contributed by atoms with Crippen molar-refractivity contribution >= 4 is 0 Å². The van der Waals surface area contributed by atoms with E-state index in [0.717, 1.165) is 31.1 Å². The van der Waals surface area contributed by atoms with Gasteiger partial charge in [-0.2, -0.15) is 0 Å². The minimum Gasteiger partial charge on any atom is -0.496 e. The molecule has 0 spiro atoms. The minimum absolute atomic E-state index is 0.690. The van der Waals surface area contributed by atoms with E-state index in [9.17, 15) is 0 Å². The lowest BCUT2D eigenvalue weighted by atomic mass is 9.78. The average Bonchev–Trinajstić information content (AvgIpc) is 2.48. The van der Waals surface area contributed by atoms with E-state index in [2.05, 4.69) is 25.1 Å². The van der Waals surface area contributed by atoms with E-state index in [0.29, 0.717) is 5.92 Å². The second-order valence-corrected chi connectivity index (χ2v) is 6.28. The molecule has 2 nitrogen and oxygen atoms in total. The van der Waals surface area contributed by atoms with E-state index in [1.54, 1.807) is 7.11 Å². The van der Waals surface area contributed by atoms with Crippen molar-refractivity contribution < 1.29 is 4.74 Å². The summed E-state index contributed by atoms with van der Waals surface area (Å²) < 4.78 is 5.59. The molecule has 1 saturated carbocycles. The molecule has 1 aliphatic carbocycles. The van der Waals surface area contributed by atoms with Gasteiger partial charge in [0.25, 0.3) is 0 Å². The quantitative estimate of drug-likeness (QED) is 0.787. The Kier molecular flexibility index (Phi) is 5.90. The van der Waals surface area contributed by atoms with E-state index in [1.165, 1.54) is 43.2 Å². The first-order valence-corrected chi connectivity index (χ1v) is 8.11. The molecule has 112 valence electrons. The molecule has 0 amide bonds. The SMILES string of the molecule is COc1ccc(CCCCN)cc1C1CCC(C)CC1. The van der Waals surface area contributed by atoms with Gasteiger partial charge in [0.1, 0.15) is 5.75 Å². The normalized spacial score (nSPS) is 22.8. The van der Waals surface area contributed by atoms with Crippen molar-refractivity contribution in [3.05, 3.63) is 29.3 Å². The highest BCUT2D eigenvalue weighted by atomic mass is 16.5. The predicted molar refractivity (Wildman–Crippen MR) is 85.4 cm³/mol. The summed E-state index contributed by atoms with van der Waals surface area (Å²) in [5, 5.41) is 0. The van der Waals surface area contributed by atoms with Crippen molar-refractivity contribution in [3.8, 4) is 5.75 Å². The molecule has 0 bridgehead atoms. The fraction of sp³-hybridized carbons (Fsp3) is 0.667. The molecule has 0 unspecified atom stereocenters. The van der Waals surface area contributed by atoms with Crippen LogP contribution in [0, 0.1) is 5.92 Å². The van der Waals surface area contributed by atoms with Gasteiger partial charge in [-0.05, 0) is 67.7 Å². The molecular weight excluding hydrogens is 246 g/mol. The molecule has 1 aliphatic rings. The zero-order valence-corrected chi connectivity index (χ0v) is 13.0. The van der Waals surface area contributed by atoms with Crippen molar-refractivity contribution in [1.29, 1.82) is 0 Å². The minimum atomic E-state index is 0.690. The Bertz CT molecular complexity index is 408. The second kappa shape index (κ2) is 7.68. The van der Waals surface area contributed by atoms with Gasteiger partial charge >= 0.3 is 0 Å². The zero-order valence-electron chi connectivity index (χ0n) is 13.0. The van der Waals surface area contributed by atoms with Crippen LogP contribution in [0.1, 0.15) is 62.5 Å². The predicted octanol–water partition coefficient (Wildman–Crippen LogP) is 4.27. The Morgan fingerprint density at radius 2 is 1.90 bits per heavy atom. The van der Waals surface area contributed by atoms with Gasteiger partial charge in [0.05, 0.1) is 7.11 Å². The Balaban J connectivity index is 2.10. The smallest absolute Gasteiger partial charge is 0.122 e. The molecule has 2 heteroatoms. The molecule has 20 heavy (non-hydrogen) atoms. The van der Waals surface area contributed by atoms with Gasteiger partial charge in [0.2, 0.25) is 0 Å². The lowest BCUT2D eigenvalue weighted by Gasteiger charge is -2.28. The third kappa shape index (κ3) is 3.99. The van der Waals surface area contributed by atoms with Crippen LogP contribution in [0.15, 0.2) is 18.2 Å². The number of hydrogen-bond donors (Lipinski definition) is 1. The van der Waals surface area contributed by atoms with Crippen molar-refractivity contribution in [2.24, 2.45) is 11.7 Å². The maximum absolute atomic E-state index is 5.59. The summed E-state index contributed by atoms with van der Waals surface area (Å²) in [5.41, 5.74) is 8.45. The molecule has 1 fully saturated rings. The topological polar surface area (TPSA) is 35.2 Å². The van der Waals surface area contributed by atoms with E-state index >= 15 is 0 Å². The van der Waals surface area contributed by atoms with Crippen LogP contribution in [0.5, 0.6) is 5.75 Å². The molecule has 0 radical (unpaired) electrons. The lowest BCUT2D eigenvalue weighted by Crippen LogP contribution is -2.12. The third-order valence-corrected chi connectivity index (χ3v) is 4.67. The highest BCUT2D eigenvalue weighted by Crippen LogP contribution is 2.39. The fourth-order valence-corrected chi connectivity index (χ4v) is 3.30. The summed E-state index contributed by atoms with van der Waals surface area (Å²) in [7, 11) is 1.79. The van der Waals surface area contributed by atoms with Crippen molar-refractivity contribution in [2.75, 3.05) is 13.7 Å². The summed E-state index contributed by atoms with van der Waals surface area (Å²) in [6, 6.07) is 6.76. The van der Waals surface area contributed by atoms with Crippen LogP contribution >= 0.6 is 0 Å². The van der Waals surface area contributed by atoms with Gasteiger partial charge in [-0.15, -0.1) is 0 Å². The van der Waals surface area contributed by atoms with Gasteiger partial charge in [-0.3, -0.25) is 0 Å². The van der Waals surface area contributed by atoms with E-state index in [-0.39, 0.29) is 0 Å². The summed E-state index contributed by atoms with van der Waals surface area (Å²) in [6.07, 6.45) is 8.76. The highest BCUT2D eigenvalue weighted by Gasteiger charge is 2.22. The van der Waals surface area contributed by atoms with Crippen LogP contribution in [0.25, 0.3) is 0 Å². The zero-order chi connectivity index (χ0) is 14.4. The molecule has 0 atom stereocenters. The summed E-state index contributed by atoms with van der Waals surface area (Å²) in [4.78, 5) is 0. The molecule has 2 N–H and O–H groups in total. The second-order valence-electron chi connectivity index (χ2n) is 6.28. The number of ether oxygens (including phenoxy) is 1. The van der Waals surface area contributed by atoms with E-state index < -0.39 is 0 Å². The first-order valence-electron chi connectivity index (χ1n) is 8.11. The Morgan fingerprint density at radius 3 is 2.55 bits per heavy atom. The molecular formula is C18H29NO. The first-order chi connectivity index (χ1) is 9.74. The molecule has 0 heterocycles. The highest BCUT2D eigenvalue weighted by molar-refractivity contribution is 5.40. The maximum Gasteiger partial charge on any atom is 0.122 e. The maximum atomic E-state index is 5.59. The van der Waals surface area contributed by atoms with Crippen LogP contribution < -0.4 is 10.5 Å². The molecule has 1 aromatic carbocycles. The molecule has 0 aliphatic heterocycles. The number of aryl methyl sites for hydroxylation is 1.